The summed E-state index contributed by atoms with van der Waals surface area (Å²) in [6.07, 6.45) is 2.11. The number of allylic oxidation sites excluding steroid dienone is 1. The number of benzene rings is 1. The van der Waals surface area contributed by atoms with Gasteiger partial charge in [0.25, 0.3) is 0 Å². The zero-order valence-electron chi connectivity index (χ0n) is 11.1. The van der Waals surface area contributed by atoms with E-state index in [0.717, 1.165) is 0 Å². The minimum Gasteiger partial charge on any atom is -0.360 e. The number of H-pyrrole nitrogens is 1. The molecule has 2 nitrogen and oxygen atoms in total. The lowest BCUT2D eigenvalue weighted by atomic mass is 10.2. The second-order valence-corrected chi connectivity index (χ2v) is 8.64. The molecule has 19 heavy (non-hydrogen) atoms. The van der Waals surface area contributed by atoms with Crippen LogP contribution < -0.4 is 0 Å². The van der Waals surface area contributed by atoms with E-state index in [4.69, 9.17) is 0 Å². The molecule has 1 aromatic carbocycles. The van der Waals surface area contributed by atoms with Crippen LogP contribution in [0.4, 0.5) is 0 Å². The number of nitrogens with zero attached hydrogens (tertiary/aromatic N) is 1. The SMILES string of the molecule is CC1=C(Sc2c[nH]c3ccccc23)SC(N(C)C)S1. The van der Waals surface area contributed by atoms with Gasteiger partial charge in [0.2, 0.25) is 0 Å². The maximum Gasteiger partial charge on any atom is 0.112 e. The lowest BCUT2D eigenvalue weighted by Crippen LogP contribution is -2.18. The quantitative estimate of drug-likeness (QED) is 0.880. The Morgan fingerprint density at radius 1 is 1.21 bits per heavy atom. The number of thioether (sulfide) groups is 3. The predicted octanol–water partition coefficient (Wildman–Crippen LogP) is 4.77. The van der Waals surface area contributed by atoms with Crippen molar-refractivity contribution in [2.24, 2.45) is 0 Å². The lowest BCUT2D eigenvalue weighted by Gasteiger charge is -2.16. The van der Waals surface area contributed by atoms with Gasteiger partial charge in [0, 0.05) is 26.9 Å². The van der Waals surface area contributed by atoms with Crippen LogP contribution in [-0.4, -0.2) is 28.7 Å². The van der Waals surface area contributed by atoms with Crippen molar-refractivity contribution in [3.63, 3.8) is 0 Å². The Morgan fingerprint density at radius 3 is 2.74 bits per heavy atom. The lowest BCUT2D eigenvalue weighted by molar-refractivity contribution is 0.462. The minimum atomic E-state index is 0.507. The molecule has 0 amide bonds. The van der Waals surface area contributed by atoms with Gasteiger partial charge in [-0.2, -0.15) is 0 Å². The first-order valence-corrected chi connectivity index (χ1v) is 8.67. The summed E-state index contributed by atoms with van der Waals surface area (Å²) in [7, 11) is 4.27. The van der Waals surface area contributed by atoms with Crippen LogP contribution >= 0.6 is 35.3 Å². The third-order valence-electron chi connectivity index (χ3n) is 2.95. The Labute approximate surface area is 126 Å². The largest absolute Gasteiger partial charge is 0.360 e. The summed E-state index contributed by atoms with van der Waals surface area (Å²) >= 11 is 5.78. The predicted molar refractivity (Wildman–Crippen MR) is 89.5 cm³/mol. The van der Waals surface area contributed by atoms with Gasteiger partial charge in [0.05, 0.1) is 4.24 Å². The van der Waals surface area contributed by atoms with Crippen LogP contribution in [0.2, 0.25) is 0 Å². The number of para-hydroxylation sites is 1. The summed E-state index contributed by atoms with van der Waals surface area (Å²) in [4.78, 5) is 8.35. The third-order valence-corrected chi connectivity index (χ3v) is 7.70. The Morgan fingerprint density at radius 2 is 2.00 bits per heavy atom. The van der Waals surface area contributed by atoms with Crippen molar-refractivity contribution in [1.82, 2.24) is 9.88 Å². The van der Waals surface area contributed by atoms with Crippen LogP contribution in [0.1, 0.15) is 6.92 Å². The first-order valence-electron chi connectivity index (χ1n) is 6.10. The third kappa shape index (κ3) is 2.70. The van der Waals surface area contributed by atoms with Crippen LogP contribution in [0.25, 0.3) is 10.9 Å². The standard InChI is InChI=1S/C14H16N2S3/c1-9-13(19-14(17-9)16(2)3)18-12-8-15-11-7-5-4-6-10(11)12/h4-8,14-15H,1-3H3. The monoisotopic (exact) mass is 308 g/mol. The number of aromatic nitrogens is 1. The summed E-state index contributed by atoms with van der Waals surface area (Å²) in [6.45, 7) is 2.22. The molecule has 5 heteroatoms. The molecule has 2 aromatic rings. The van der Waals surface area contributed by atoms with Crippen LogP contribution in [0.5, 0.6) is 0 Å². The van der Waals surface area contributed by atoms with E-state index in [1.165, 1.54) is 24.9 Å². The minimum absolute atomic E-state index is 0.507. The summed E-state index contributed by atoms with van der Waals surface area (Å²) in [5, 5.41) is 1.31. The number of rotatable bonds is 3. The molecular formula is C14H16N2S3. The van der Waals surface area contributed by atoms with Gasteiger partial charge in [-0.3, -0.25) is 4.90 Å². The van der Waals surface area contributed by atoms with Crippen molar-refractivity contribution >= 4 is 46.2 Å². The Balaban J connectivity index is 1.84. The first-order chi connectivity index (χ1) is 9.15. The van der Waals surface area contributed by atoms with Gasteiger partial charge in [-0.1, -0.05) is 53.5 Å². The molecule has 0 aliphatic carbocycles. The molecule has 0 spiro atoms. The van der Waals surface area contributed by atoms with E-state index >= 15 is 0 Å². The van der Waals surface area contributed by atoms with E-state index in [9.17, 15) is 0 Å². The zero-order valence-corrected chi connectivity index (χ0v) is 13.6. The topological polar surface area (TPSA) is 19.0 Å². The Kier molecular flexibility index (Phi) is 3.89. The maximum atomic E-state index is 3.34. The molecule has 1 N–H and O–H groups in total. The van der Waals surface area contributed by atoms with Crippen LogP contribution in [0.15, 0.2) is 44.5 Å². The summed E-state index contributed by atoms with van der Waals surface area (Å²) in [6, 6.07) is 8.47. The molecule has 1 aliphatic heterocycles. The average Bonchev–Trinajstić information content (AvgIpc) is 2.96. The van der Waals surface area contributed by atoms with Crippen LogP contribution in [0.3, 0.4) is 0 Å². The molecule has 100 valence electrons. The van der Waals surface area contributed by atoms with E-state index in [1.54, 1.807) is 0 Å². The van der Waals surface area contributed by atoms with Crippen molar-refractivity contribution in [1.29, 1.82) is 0 Å². The molecule has 1 aliphatic rings. The van der Waals surface area contributed by atoms with E-state index < -0.39 is 0 Å². The molecule has 1 aromatic heterocycles. The second kappa shape index (κ2) is 5.48. The van der Waals surface area contributed by atoms with Gasteiger partial charge in [0.1, 0.15) is 4.71 Å². The van der Waals surface area contributed by atoms with Gasteiger partial charge in [-0.05, 0) is 27.1 Å². The molecule has 0 saturated carbocycles. The number of aromatic amines is 1. The molecule has 0 radical (unpaired) electrons. The van der Waals surface area contributed by atoms with Crippen LogP contribution in [-0.2, 0) is 0 Å². The van der Waals surface area contributed by atoms with Crippen LogP contribution in [0, 0.1) is 0 Å². The molecule has 0 saturated heterocycles. The maximum absolute atomic E-state index is 3.34. The fourth-order valence-electron chi connectivity index (χ4n) is 1.93. The van der Waals surface area contributed by atoms with E-state index in [0.29, 0.717) is 4.71 Å². The normalized spacial score (nSPS) is 19.9. The van der Waals surface area contributed by atoms with E-state index in [1.807, 2.05) is 35.3 Å². The highest BCUT2D eigenvalue weighted by Gasteiger charge is 2.26. The highest BCUT2D eigenvalue weighted by atomic mass is 32.2. The van der Waals surface area contributed by atoms with Gasteiger partial charge >= 0.3 is 0 Å². The molecular weight excluding hydrogens is 292 g/mol. The van der Waals surface area contributed by atoms with Crippen molar-refractivity contribution in [3.05, 3.63) is 39.6 Å². The fourth-order valence-corrected chi connectivity index (χ4v) is 6.24. The number of fused-ring (bicyclic) bond motifs is 1. The number of hydrogen-bond acceptors (Lipinski definition) is 4. The Bertz CT molecular complexity index is 630. The summed E-state index contributed by atoms with van der Waals surface area (Å²) in [5.74, 6) is 0. The highest BCUT2D eigenvalue weighted by molar-refractivity contribution is 8.32. The molecule has 0 bridgehead atoms. The zero-order chi connectivity index (χ0) is 13.4. The van der Waals surface area contributed by atoms with E-state index in [-0.39, 0.29) is 0 Å². The average molecular weight is 308 g/mol. The molecule has 0 fully saturated rings. The van der Waals surface area contributed by atoms with Crippen molar-refractivity contribution in [3.8, 4) is 0 Å². The Hall–Kier alpha value is -0.490. The van der Waals surface area contributed by atoms with Gasteiger partial charge in [-0.15, -0.1) is 0 Å². The van der Waals surface area contributed by atoms with Crippen molar-refractivity contribution in [2.45, 2.75) is 16.5 Å². The highest BCUT2D eigenvalue weighted by Crippen LogP contribution is 2.53. The van der Waals surface area contributed by atoms with Gasteiger partial charge in [-0.25, -0.2) is 0 Å². The molecule has 1 atom stereocenters. The summed E-state index contributed by atoms with van der Waals surface area (Å²) in [5.41, 5.74) is 1.21. The second-order valence-electron chi connectivity index (χ2n) is 4.65. The fraction of sp³-hybridized carbons (Fsp3) is 0.286. The first kappa shape index (κ1) is 13.5. The molecule has 1 unspecified atom stereocenters. The van der Waals surface area contributed by atoms with Gasteiger partial charge in [0.15, 0.2) is 0 Å². The smallest absolute Gasteiger partial charge is 0.112 e. The number of hydrogen-bond donors (Lipinski definition) is 1. The van der Waals surface area contributed by atoms with Crippen molar-refractivity contribution < 1.29 is 0 Å². The summed E-state index contributed by atoms with van der Waals surface area (Å²) < 4.78 is 1.93. The van der Waals surface area contributed by atoms with Crippen molar-refractivity contribution in [2.75, 3.05) is 14.1 Å². The number of nitrogens with one attached hydrogen (secondary N) is 1. The van der Waals surface area contributed by atoms with E-state index in [2.05, 4.69) is 61.4 Å². The van der Waals surface area contributed by atoms with Gasteiger partial charge < -0.3 is 4.98 Å². The molecule has 3 rings (SSSR count). The molecule has 2 heterocycles.